The molecule has 31 heavy (non-hydrogen) atoms. The Morgan fingerprint density at radius 1 is 0.903 bits per heavy atom. The number of nitrogens with one attached hydrogen (secondary N) is 2. The van der Waals surface area contributed by atoms with Gasteiger partial charge >= 0.3 is 5.97 Å². The number of benzene rings is 2. The highest BCUT2D eigenvalue weighted by Crippen LogP contribution is 2.32. The Hall–Kier alpha value is -3.41. The van der Waals surface area contributed by atoms with E-state index in [1.807, 2.05) is 36.4 Å². The van der Waals surface area contributed by atoms with Crippen LogP contribution in [0.25, 0.3) is 6.08 Å². The van der Waals surface area contributed by atoms with E-state index < -0.39 is 24.4 Å². The Labute approximate surface area is 183 Å². The largest absolute Gasteiger partial charge is 0.451 e. The predicted octanol–water partition coefficient (Wildman–Crippen LogP) is 4.59. The smallest absolute Gasteiger partial charge is 0.355 e. The van der Waals surface area contributed by atoms with Gasteiger partial charge in [0.15, 0.2) is 6.61 Å². The second kappa shape index (κ2) is 11.1. The van der Waals surface area contributed by atoms with Crippen LogP contribution in [0.3, 0.4) is 0 Å². The van der Waals surface area contributed by atoms with E-state index in [2.05, 4.69) is 38.3 Å². The number of para-hydroxylation sites is 1. The maximum Gasteiger partial charge on any atom is 0.355 e. The van der Waals surface area contributed by atoms with E-state index in [4.69, 9.17) is 4.74 Å². The summed E-state index contributed by atoms with van der Waals surface area (Å²) in [6.07, 6.45) is 1.51. The minimum Gasteiger partial charge on any atom is -0.451 e. The Morgan fingerprint density at radius 2 is 1.48 bits per heavy atom. The zero-order valence-electron chi connectivity index (χ0n) is 18.7. The monoisotopic (exact) mass is 422 g/mol. The van der Waals surface area contributed by atoms with Gasteiger partial charge in [0.2, 0.25) is 5.91 Å². The molecule has 0 aromatic heterocycles. The quantitative estimate of drug-likeness (QED) is 0.481. The SMILES string of the molecule is CC(=O)N/C(=C\c1ccccc1)C(=O)OCC(=O)Nc1c(C(C)C)cccc1C(C)C. The second-order valence-electron chi connectivity index (χ2n) is 7.90. The molecule has 2 amide bonds. The summed E-state index contributed by atoms with van der Waals surface area (Å²) in [7, 11) is 0. The first-order valence-corrected chi connectivity index (χ1v) is 10.3. The van der Waals surface area contributed by atoms with Crippen molar-refractivity contribution in [3.05, 3.63) is 70.9 Å². The number of ether oxygens (including phenoxy) is 1. The minimum atomic E-state index is -0.782. The fourth-order valence-corrected chi connectivity index (χ4v) is 3.13. The van der Waals surface area contributed by atoms with Crippen molar-refractivity contribution in [2.45, 2.75) is 46.5 Å². The van der Waals surface area contributed by atoms with Crippen LogP contribution in [0.1, 0.15) is 63.1 Å². The van der Waals surface area contributed by atoms with Gasteiger partial charge in [0, 0.05) is 12.6 Å². The van der Waals surface area contributed by atoms with Crippen molar-refractivity contribution >= 4 is 29.5 Å². The molecule has 0 unspecified atom stereocenters. The van der Waals surface area contributed by atoms with Gasteiger partial charge in [0.25, 0.3) is 5.91 Å². The normalized spacial score (nSPS) is 11.4. The molecule has 6 nitrogen and oxygen atoms in total. The lowest BCUT2D eigenvalue weighted by molar-refractivity contribution is -0.144. The minimum absolute atomic E-state index is 0.0306. The third-order valence-electron chi connectivity index (χ3n) is 4.61. The van der Waals surface area contributed by atoms with Crippen LogP contribution in [0.4, 0.5) is 5.69 Å². The number of carbonyl (C=O) groups is 3. The first-order valence-electron chi connectivity index (χ1n) is 10.3. The molecular formula is C25H30N2O4. The van der Waals surface area contributed by atoms with Crippen LogP contribution in [0.5, 0.6) is 0 Å². The van der Waals surface area contributed by atoms with Crippen LogP contribution in [0, 0.1) is 0 Å². The van der Waals surface area contributed by atoms with Crippen molar-refractivity contribution in [2.24, 2.45) is 0 Å². The lowest BCUT2D eigenvalue weighted by atomic mass is 9.92. The Balaban J connectivity index is 2.13. The molecule has 0 aliphatic carbocycles. The molecule has 2 aromatic rings. The van der Waals surface area contributed by atoms with Crippen molar-refractivity contribution in [2.75, 3.05) is 11.9 Å². The summed E-state index contributed by atoms with van der Waals surface area (Å²) >= 11 is 0. The molecule has 0 aliphatic rings. The molecule has 6 heteroatoms. The first kappa shape index (κ1) is 23.9. The fraction of sp³-hybridized carbons (Fsp3) is 0.320. The van der Waals surface area contributed by atoms with Gasteiger partial charge < -0.3 is 15.4 Å². The van der Waals surface area contributed by atoms with E-state index in [1.54, 1.807) is 12.1 Å². The van der Waals surface area contributed by atoms with Crippen LogP contribution >= 0.6 is 0 Å². The number of anilines is 1. The highest BCUT2D eigenvalue weighted by atomic mass is 16.5. The molecule has 0 atom stereocenters. The number of amides is 2. The van der Waals surface area contributed by atoms with Gasteiger partial charge in [0.05, 0.1) is 0 Å². The molecule has 2 aromatic carbocycles. The molecule has 0 fully saturated rings. The Bertz CT molecular complexity index is 936. The number of hydrogen-bond acceptors (Lipinski definition) is 4. The molecule has 0 aliphatic heterocycles. The Morgan fingerprint density at radius 3 is 2.00 bits per heavy atom. The van der Waals surface area contributed by atoms with Crippen molar-refractivity contribution in [3.8, 4) is 0 Å². The van der Waals surface area contributed by atoms with Crippen LogP contribution in [0.15, 0.2) is 54.2 Å². The number of esters is 1. The lowest BCUT2D eigenvalue weighted by Crippen LogP contribution is -2.29. The maximum atomic E-state index is 12.6. The van der Waals surface area contributed by atoms with Crippen molar-refractivity contribution in [1.82, 2.24) is 5.32 Å². The molecule has 2 rings (SSSR count). The van der Waals surface area contributed by atoms with Crippen LogP contribution in [-0.2, 0) is 19.1 Å². The van der Waals surface area contributed by atoms with Crippen molar-refractivity contribution in [3.63, 3.8) is 0 Å². The molecule has 0 saturated carbocycles. The van der Waals surface area contributed by atoms with Crippen LogP contribution in [0.2, 0.25) is 0 Å². The molecule has 0 radical (unpaired) electrons. The van der Waals surface area contributed by atoms with Gasteiger partial charge in [-0.3, -0.25) is 9.59 Å². The summed E-state index contributed by atoms with van der Waals surface area (Å²) in [5.41, 5.74) is 3.50. The number of carbonyl (C=O) groups excluding carboxylic acids is 3. The van der Waals surface area contributed by atoms with Crippen molar-refractivity contribution in [1.29, 1.82) is 0 Å². The third kappa shape index (κ3) is 7.10. The zero-order chi connectivity index (χ0) is 23.0. The Kier molecular flexibility index (Phi) is 8.55. The van der Waals surface area contributed by atoms with Crippen molar-refractivity contribution < 1.29 is 19.1 Å². The average molecular weight is 423 g/mol. The number of rotatable bonds is 8. The maximum absolute atomic E-state index is 12.6. The van der Waals surface area contributed by atoms with E-state index in [0.717, 1.165) is 22.4 Å². The molecule has 0 bridgehead atoms. The topological polar surface area (TPSA) is 84.5 Å². The molecule has 0 spiro atoms. The summed E-state index contributed by atoms with van der Waals surface area (Å²) in [5.74, 6) is -1.19. The second-order valence-corrected chi connectivity index (χ2v) is 7.90. The van der Waals surface area contributed by atoms with E-state index in [1.165, 1.54) is 13.0 Å². The predicted molar refractivity (Wildman–Crippen MR) is 122 cm³/mol. The van der Waals surface area contributed by atoms with Gasteiger partial charge in [0.1, 0.15) is 5.70 Å². The van der Waals surface area contributed by atoms with Gasteiger partial charge in [-0.1, -0.05) is 76.2 Å². The van der Waals surface area contributed by atoms with Crippen LogP contribution in [-0.4, -0.2) is 24.4 Å². The standard InChI is InChI=1S/C25H30N2O4/c1-16(2)20-12-9-13-21(17(3)4)24(20)27-23(29)15-31-25(30)22(26-18(5)28)14-19-10-7-6-8-11-19/h6-14,16-17H,15H2,1-5H3,(H,26,28)(H,27,29)/b22-14-. The number of hydrogen-bond donors (Lipinski definition) is 2. The molecule has 0 saturated heterocycles. The van der Waals surface area contributed by atoms with E-state index in [9.17, 15) is 14.4 Å². The van der Waals surface area contributed by atoms with Gasteiger partial charge in [-0.2, -0.15) is 0 Å². The van der Waals surface area contributed by atoms with Gasteiger partial charge in [-0.15, -0.1) is 0 Å². The summed E-state index contributed by atoms with van der Waals surface area (Å²) in [6, 6.07) is 15.0. The van der Waals surface area contributed by atoms with Gasteiger partial charge in [-0.05, 0) is 34.6 Å². The zero-order valence-corrected chi connectivity index (χ0v) is 18.7. The van der Waals surface area contributed by atoms with E-state index in [-0.39, 0.29) is 17.5 Å². The van der Waals surface area contributed by atoms with Gasteiger partial charge in [-0.25, -0.2) is 4.79 Å². The molecule has 0 heterocycles. The molecule has 164 valence electrons. The molecule has 2 N–H and O–H groups in total. The highest BCUT2D eigenvalue weighted by Gasteiger charge is 2.18. The summed E-state index contributed by atoms with van der Waals surface area (Å²) in [5, 5.41) is 5.37. The summed E-state index contributed by atoms with van der Waals surface area (Å²) in [4.78, 5) is 36.6. The average Bonchev–Trinajstić information content (AvgIpc) is 2.71. The summed E-state index contributed by atoms with van der Waals surface area (Å²) < 4.78 is 5.18. The first-order chi connectivity index (χ1) is 14.7. The van der Waals surface area contributed by atoms with E-state index >= 15 is 0 Å². The summed E-state index contributed by atoms with van der Waals surface area (Å²) in [6.45, 7) is 9.07. The fourth-order valence-electron chi connectivity index (χ4n) is 3.13. The highest BCUT2D eigenvalue weighted by molar-refractivity contribution is 6.00. The lowest BCUT2D eigenvalue weighted by Gasteiger charge is -2.20. The van der Waals surface area contributed by atoms with Crippen LogP contribution < -0.4 is 10.6 Å². The molecular weight excluding hydrogens is 392 g/mol. The van der Waals surface area contributed by atoms with E-state index in [0.29, 0.717) is 0 Å². The third-order valence-corrected chi connectivity index (χ3v) is 4.61.